The van der Waals surface area contributed by atoms with Crippen LogP contribution in [0.4, 0.5) is 0 Å². The van der Waals surface area contributed by atoms with Gasteiger partial charge in [-0.2, -0.15) is 0 Å². The van der Waals surface area contributed by atoms with Gasteiger partial charge in [0, 0.05) is 19.0 Å². The predicted octanol–water partition coefficient (Wildman–Crippen LogP) is 2.76. The second-order valence-electron chi connectivity index (χ2n) is 5.74. The SMILES string of the molecule is COc1cc(CNC(=O)CC(C)(C)C)cc(OC)c1. The second-order valence-corrected chi connectivity index (χ2v) is 5.74. The molecule has 0 saturated carbocycles. The maximum atomic E-state index is 11.8. The van der Waals surface area contributed by atoms with Gasteiger partial charge in [0.05, 0.1) is 14.2 Å². The first-order valence-electron chi connectivity index (χ1n) is 6.33. The smallest absolute Gasteiger partial charge is 0.220 e. The van der Waals surface area contributed by atoms with Crippen molar-refractivity contribution in [1.29, 1.82) is 0 Å². The maximum absolute atomic E-state index is 11.8. The summed E-state index contributed by atoms with van der Waals surface area (Å²) in [5, 5.41) is 2.91. The number of hydrogen-bond donors (Lipinski definition) is 1. The van der Waals surface area contributed by atoms with E-state index in [9.17, 15) is 4.79 Å². The van der Waals surface area contributed by atoms with Gasteiger partial charge in [-0.1, -0.05) is 20.8 Å². The molecule has 0 unspecified atom stereocenters. The molecule has 0 aliphatic rings. The Labute approximate surface area is 115 Å². The van der Waals surface area contributed by atoms with Gasteiger partial charge in [0.15, 0.2) is 0 Å². The van der Waals surface area contributed by atoms with Crippen molar-refractivity contribution < 1.29 is 14.3 Å². The third-order valence-corrected chi connectivity index (χ3v) is 2.59. The Morgan fingerprint density at radius 1 is 1.11 bits per heavy atom. The summed E-state index contributed by atoms with van der Waals surface area (Å²) in [5.74, 6) is 1.49. The highest BCUT2D eigenvalue weighted by atomic mass is 16.5. The van der Waals surface area contributed by atoms with Crippen LogP contribution in [-0.2, 0) is 11.3 Å². The van der Waals surface area contributed by atoms with E-state index in [0.29, 0.717) is 13.0 Å². The van der Waals surface area contributed by atoms with E-state index in [0.717, 1.165) is 17.1 Å². The summed E-state index contributed by atoms with van der Waals surface area (Å²) in [6, 6.07) is 5.58. The largest absolute Gasteiger partial charge is 0.497 e. The molecular weight excluding hydrogens is 242 g/mol. The van der Waals surface area contributed by atoms with Crippen LogP contribution in [0.1, 0.15) is 32.8 Å². The molecule has 0 saturated heterocycles. The number of carbonyl (C=O) groups is 1. The zero-order chi connectivity index (χ0) is 14.5. The number of hydrogen-bond acceptors (Lipinski definition) is 3. The van der Waals surface area contributed by atoms with Crippen molar-refractivity contribution in [2.45, 2.75) is 33.7 Å². The van der Waals surface area contributed by atoms with Gasteiger partial charge in [-0.3, -0.25) is 4.79 Å². The highest BCUT2D eigenvalue weighted by molar-refractivity contribution is 5.76. The van der Waals surface area contributed by atoms with Gasteiger partial charge in [-0.05, 0) is 23.1 Å². The maximum Gasteiger partial charge on any atom is 0.220 e. The summed E-state index contributed by atoms with van der Waals surface area (Å²) in [6.45, 7) is 6.60. The predicted molar refractivity (Wildman–Crippen MR) is 75.5 cm³/mol. The van der Waals surface area contributed by atoms with Gasteiger partial charge in [0.25, 0.3) is 0 Å². The van der Waals surface area contributed by atoms with E-state index in [-0.39, 0.29) is 11.3 Å². The van der Waals surface area contributed by atoms with Crippen LogP contribution in [0.5, 0.6) is 11.5 Å². The van der Waals surface area contributed by atoms with Gasteiger partial charge < -0.3 is 14.8 Å². The van der Waals surface area contributed by atoms with E-state index in [1.54, 1.807) is 20.3 Å². The van der Waals surface area contributed by atoms with E-state index in [1.807, 2.05) is 32.9 Å². The molecule has 4 heteroatoms. The molecule has 0 fully saturated rings. The number of rotatable bonds is 5. The molecule has 0 aliphatic heterocycles. The van der Waals surface area contributed by atoms with Crippen molar-refractivity contribution in [3.8, 4) is 11.5 Å². The summed E-state index contributed by atoms with van der Waals surface area (Å²) < 4.78 is 10.4. The van der Waals surface area contributed by atoms with Crippen molar-refractivity contribution in [2.24, 2.45) is 5.41 Å². The molecule has 1 aromatic carbocycles. The lowest BCUT2D eigenvalue weighted by molar-refractivity contribution is -0.122. The number of amides is 1. The zero-order valence-corrected chi connectivity index (χ0v) is 12.4. The third kappa shape index (κ3) is 5.64. The van der Waals surface area contributed by atoms with Crippen LogP contribution in [0, 0.1) is 5.41 Å². The fourth-order valence-electron chi connectivity index (χ4n) is 1.71. The highest BCUT2D eigenvalue weighted by Crippen LogP contribution is 2.22. The molecule has 4 nitrogen and oxygen atoms in total. The number of benzene rings is 1. The summed E-state index contributed by atoms with van der Waals surface area (Å²) in [7, 11) is 3.22. The monoisotopic (exact) mass is 265 g/mol. The molecule has 19 heavy (non-hydrogen) atoms. The lowest BCUT2D eigenvalue weighted by atomic mass is 9.92. The summed E-state index contributed by atoms with van der Waals surface area (Å²) in [5.41, 5.74) is 0.953. The molecular formula is C15H23NO3. The van der Waals surface area contributed by atoms with Gasteiger partial charge in [0.2, 0.25) is 5.91 Å². The minimum Gasteiger partial charge on any atom is -0.497 e. The van der Waals surface area contributed by atoms with Crippen molar-refractivity contribution in [3.63, 3.8) is 0 Å². The van der Waals surface area contributed by atoms with Crippen molar-refractivity contribution in [3.05, 3.63) is 23.8 Å². The molecule has 106 valence electrons. The van der Waals surface area contributed by atoms with Crippen LogP contribution in [0.25, 0.3) is 0 Å². The van der Waals surface area contributed by atoms with Gasteiger partial charge in [0.1, 0.15) is 11.5 Å². The molecule has 1 N–H and O–H groups in total. The van der Waals surface area contributed by atoms with Crippen LogP contribution < -0.4 is 14.8 Å². The number of ether oxygens (including phenoxy) is 2. The lowest BCUT2D eigenvalue weighted by Gasteiger charge is -2.17. The molecule has 0 atom stereocenters. The Morgan fingerprint density at radius 2 is 1.63 bits per heavy atom. The summed E-state index contributed by atoms with van der Waals surface area (Å²) in [4.78, 5) is 11.8. The molecule has 1 amide bonds. The summed E-state index contributed by atoms with van der Waals surface area (Å²) in [6.07, 6.45) is 0.508. The average Bonchev–Trinajstić information content (AvgIpc) is 2.33. The molecule has 0 heterocycles. The highest BCUT2D eigenvalue weighted by Gasteiger charge is 2.15. The van der Waals surface area contributed by atoms with Gasteiger partial charge in [-0.15, -0.1) is 0 Å². The number of methoxy groups -OCH3 is 2. The molecule has 0 aliphatic carbocycles. The Hall–Kier alpha value is -1.71. The normalized spacial score (nSPS) is 11.0. The fraction of sp³-hybridized carbons (Fsp3) is 0.533. The summed E-state index contributed by atoms with van der Waals surface area (Å²) >= 11 is 0. The minimum atomic E-state index is -0.00382. The molecule has 0 bridgehead atoms. The Morgan fingerprint density at radius 3 is 2.05 bits per heavy atom. The zero-order valence-electron chi connectivity index (χ0n) is 12.4. The Bertz CT molecular complexity index is 413. The first kappa shape index (κ1) is 15.3. The van der Waals surface area contributed by atoms with E-state index >= 15 is 0 Å². The van der Waals surface area contributed by atoms with Crippen molar-refractivity contribution in [2.75, 3.05) is 14.2 Å². The molecule has 0 aromatic heterocycles. The van der Waals surface area contributed by atoms with Crippen molar-refractivity contribution >= 4 is 5.91 Å². The van der Waals surface area contributed by atoms with E-state index in [4.69, 9.17) is 9.47 Å². The first-order valence-corrected chi connectivity index (χ1v) is 6.33. The minimum absolute atomic E-state index is 0.00382. The standard InChI is InChI=1S/C15H23NO3/c1-15(2,3)9-14(17)16-10-11-6-12(18-4)8-13(7-11)19-5/h6-8H,9-10H2,1-5H3,(H,16,17). The van der Waals surface area contributed by atoms with Gasteiger partial charge in [-0.25, -0.2) is 0 Å². The van der Waals surface area contributed by atoms with Crippen LogP contribution >= 0.6 is 0 Å². The average molecular weight is 265 g/mol. The fourth-order valence-corrected chi connectivity index (χ4v) is 1.71. The van der Waals surface area contributed by atoms with Crippen LogP contribution in [-0.4, -0.2) is 20.1 Å². The van der Waals surface area contributed by atoms with E-state index < -0.39 is 0 Å². The Kier molecular flexibility index (Phi) is 5.21. The van der Waals surface area contributed by atoms with Crippen LogP contribution in [0.2, 0.25) is 0 Å². The Balaban J connectivity index is 2.64. The van der Waals surface area contributed by atoms with E-state index in [1.165, 1.54) is 0 Å². The topological polar surface area (TPSA) is 47.6 Å². The first-order chi connectivity index (χ1) is 8.84. The number of nitrogens with one attached hydrogen (secondary N) is 1. The van der Waals surface area contributed by atoms with Crippen LogP contribution in [0.15, 0.2) is 18.2 Å². The van der Waals surface area contributed by atoms with E-state index in [2.05, 4.69) is 5.32 Å². The molecule has 1 rings (SSSR count). The third-order valence-electron chi connectivity index (χ3n) is 2.59. The lowest BCUT2D eigenvalue weighted by Crippen LogP contribution is -2.27. The quantitative estimate of drug-likeness (QED) is 0.890. The molecule has 1 aromatic rings. The van der Waals surface area contributed by atoms with Crippen LogP contribution in [0.3, 0.4) is 0 Å². The second kappa shape index (κ2) is 6.45. The molecule has 0 spiro atoms. The van der Waals surface area contributed by atoms with Crippen molar-refractivity contribution in [1.82, 2.24) is 5.32 Å². The van der Waals surface area contributed by atoms with Gasteiger partial charge >= 0.3 is 0 Å². The molecule has 0 radical (unpaired) electrons. The number of carbonyl (C=O) groups excluding carboxylic acids is 1.